The molecule has 5 heteroatoms. The van der Waals surface area contributed by atoms with Gasteiger partial charge in [0, 0.05) is 0 Å². The van der Waals surface area contributed by atoms with Crippen molar-refractivity contribution in [3.05, 3.63) is 90.8 Å². The lowest BCUT2D eigenvalue weighted by atomic mass is 10.1. The van der Waals surface area contributed by atoms with Crippen molar-refractivity contribution in [1.82, 2.24) is 9.55 Å². The van der Waals surface area contributed by atoms with Crippen LogP contribution in [0, 0.1) is 0 Å². The number of hydrogen-bond acceptors (Lipinski definition) is 4. The first kappa shape index (κ1) is 16.8. The molecule has 1 heterocycles. The number of ether oxygens (including phenoxy) is 1. The van der Waals surface area contributed by atoms with E-state index in [0.717, 1.165) is 33.7 Å². The molecule has 27 heavy (non-hydrogen) atoms. The number of imidazole rings is 1. The van der Waals surface area contributed by atoms with E-state index in [1.54, 1.807) is 7.11 Å². The Bertz CT molecular complexity index is 1050. The summed E-state index contributed by atoms with van der Waals surface area (Å²) in [6, 6.07) is 25.9. The summed E-state index contributed by atoms with van der Waals surface area (Å²) in [5, 5.41) is 4.68. The molecule has 0 unspecified atom stereocenters. The predicted molar refractivity (Wildman–Crippen MR) is 109 cm³/mol. The molecular formula is C22H20N4O. The first-order valence-corrected chi connectivity index (χ1v) is 8.75. The van der Waals surface area contributed by atoms with Crippen LogP contribution < -0.4 is 10.2 Å². The van der Waals surface area contributed by atoms with Crippen LogP contribution in [0.25, 0.3) is 11.0 Å². The van der Waals surface area contributed by atoms with Crippen molar-refractivity contribution in [3.63, 3.8) is 0 Å². The lowest BCUT2D eigenvalue weighted by molar-refractivity contribution is 0.415. The monoisotopic (exact) mass is 356 g/mol. The van der Waals surface area contributed by atoms with Crippen molar-refractivity contribution in [3.8, 4) is 5.75 Å². The Kier molecular flexibility index (Phi) is 4.83. The first-order valence-electron chi connectivity index (χ1n) is 8.75. The van der Waals surface area contributed by atoms with Crippen molar-refractivity contribution >= 4 is 22.4 Å². The highest BCUT2D eigenvalue weighted by atomic mass is 16.5. The van der Waals surface area contributed by atoms with Crippen LogP contribution in [-0.2, 0) is 6.54 Å². The fourth-order valence-electron chi connectivity index (χ4n) is 2.92. The van der Waals surface area contributed by atoms with E-state index in [1.807, 2.05) is 79.1 Å². The summed E-state index contributed by atoms with van der Waals surface area (Å²) in [5.41, 5.74) is 8.09. The number of benzene rings is 3. The lowest BCUT2D eigenvalue weighted by Gasteiger charge is -2.11. The third-order valence-electron chi connectivity index (χ3n) is 4.36. The van der Waals surface area contributed by atoms with E-state index in [-0.39, 0.29) is 0 Å². The molecule has 5 nitrogen and oxygen atoms in total. The fourth-order valence-corrected chi connectivity index (χ4v) is 2.92. The van der Waals surface area contributed by atoms with Gasteiger partial charge in [-0.2, -0.15) is 5.10 Å². The van der Waals surface area contributed by atoms with E-state index >= 15 is 0 Å². The number of hydrazone groups is 1. The van der Waals surface area contributed by atoms with Gasteiger partial charge in [-0.25, -0.2) is 4.98 Å². The van der Waals surface area contributed by atoms with Crippen LogP contribution in [0.5, 0.6) is 5.75 Å². The molecule has 4 aromatic rings. The molecule has 1 aromatic heterocycles. The quantitative estimate of drug-likeness (QED) is 0.407. The van der Waals surface area contributed by atoms with Crippen LogP contribution in [-0.4, -0.2) is 22.4 Å². The summed E-state index contributed by atoms with van der Waals surface area (Å²) in [6.45, 7) is 0.604. The van der Waals surface area contributed by atoms with Gasteiger partial charge in [-0.3, -0.25) is 5.43 Å². The van der Waals surface area contributed by atoms with Gasteiger partial charge in [0.05, 0.1) is 42.4 Å². The van der Waals surface area contributed by atoms with Crippen LogP contribution in [0.3, 0.4) is 0 Å². The van der Waals surface area contributed by atoms with Crippen molar-refractivity contribution in [1.29, 1.82) is 0 Å². The van der Waals surface area contributed by atoms with Gasteiger partial charge >= 0.3 is 0 Å². The van der Waals surface area contributed by atoms with Crippen LogP contribution in [0.15, 0.2) is 90.3 Å². The second kappa shape index (κ2) is 7.74. The van der Waals surface area contributed by atoms with Gasteiger partial charge in [-0.15, -0.1) is 0 Å². The average molecular weight is 356 g/mol. The number of anilines is 1. The third-order valence-corrected chi connectivity index (χ3v) is 4.36. The van der Waals surface area contributed by atoms with Gasteiger partial charge in [-0.05, 0) is 54.1 Å². The minimum absolute atomic E-state index is 0.604. The molecule has 0 bridgehead atoms. The lowest BCUT2D eigenvalue weighted by Crippen LogP contribution is -2.13. The van der Waals surface area contributed by atoms with E-state index in [9.17, 15) is 0 Å². The Morgan fingerprint density at radius 2 is 1.70 bits per heavy atom. The number of aromatic nitrogens is 2. The fraction of sp³-hybridized carbons (Fsp3) is 0.0909. The number of fused-ring (bicyclic) bond motifs is 1. The Hall–Kier alpha value is -3.60. The Morgan fingerprint density at radius 3 is 2.48 bits per heavy atom. The highest BCUT2D eigenvalue weighted by Crippen LogP contribution is 2.16. The molecule has 3 aromatic carbocycles. The first-order chi connectivity index (χ1) is 13.3. The molecule has 134 valence electrons. The maximum absolute atomic E-state index is 5.27. The number of nitrogens with zero attached hydrogens (tertiary/aromatic N) is 3. The standard InChI is InChI=1S/C22H20N4O/c1-27-19-13-11-17(12-14-19)21(25-24-18-7-3-2-4-8-18)15-26-16-23-20-9-5-6-10-22(20)26/h2-14,16,24H,15H2,1H3/b25-21-. The molecule has 0 atom stereocenters. The second-order valence-electron chi connectivity index (χ2n) is 6.13. The Balaban J connectivity index is 1.68. The van der Waals surface area contributed by atoms with Gasteiger partial charge < -0.3 is 9.30 Å². The van der Waals surface area contributed by atoms with Crippen LogP contribution in [0.2, 0.25) is 0 Å². The van der Waals surface area contributed by atoms with Crippen molar-refractivity contribution in [2.75, 3.05) is 12.5 Å². The van der Waals surface area contributed by atoms with Gasteiger partial charge in [0.2, 0.25) is 0 Å². The minimum Gasteiger partial charge on any atom is -0.497 e. The zero-order valence-corrected chi connectivity index (χ0v) is 15.0. The molecule has 0 aliphatic carbocycles. The van der Waals surface area contributed by atoms with E-state index in [0.29, 0.717) is 6.54 Å². The van der Waals surface area contributed by atoms with E-state index in [1.165, 1.54) is 0 Å². The number of nitrogens with one attached hydrogen (secondary N) is 1. The van der Waals surface area contributed by atoms with Crippen molar-refractivity contribution in [2.45, 2.75) is 6.54 Å². The SMILES string of the molecule is COc1ccc(/C(Cn2cnc3ccccc32)=N\Nc2ccccc2)cc1. The Morgan fingerprint density at radius 1 is 0.963 bits per heavy atom. The van der Waals surface area contributed by atoms with E-state index in [2.05, 4.69) is 26.1 Å². The van der Waals surface area contributed by atoms with Crippen LogP contribution in [0.1, 0.15) is 5.56 Å². The molecule has 0 aliphatic rings. The highest BCUT2D eigenvalue weighted by Gasteiger charge is 2.09. The normalized spacial score (nSPS) is 11.5. The zero-order chi connectivity index (χ0) is 18.5. The minimum atomic E-state index is 0.604. The largest absolute Gasteiger partial charge is 0.497 e. The summed E-state index contributed by atoms with van der Waals surface area (Å²) in [5.74, 6) is 0.821. The van der Waals surface area contributed by atoms with Crippen molar-refractivity contribution in [2.24, 2.45) is 5.10 Å². The van der Waals surface area contributed by atoms with E-state index in [4.69, 9.17) is 4.74 Å². The molecule has 0 saturated carbocycles. The molecule has 0 spiro atoms. The number of para-hydroxylation sites is 3. The topological polar surface area (TPSA) is 51.4 Å². The molecule has 0 amide bonds. The average Bonchev–Trinajstić information content (AvgIpc) is 3.15. The zero-order valence-electron chi connectivity index (χ0n) is 15.0. The molecule has 4 rings (SSSR count). The molecule has 0 fully saturated rings. The maximum Gasteiger partial charge on any atom is 0.118 e. The second-order valence-corrected chi connectivity index (χ2v) is 6.13. The maximum atomic E-state index is 5.27. The van der Waals surface area contributed by atoms with Crippen LogP contribution in [0.4, 0.5) is 5.69 Å². The molecular weight excluding hydrogens is 336 g/mol. The number of rotatable bonds is 6. The van der Waals surface area contributed by atoms with Crippen LogP contribution >= 0.6 is 0 Å². The highest BCUT2D eigenvalue weighted by molar-refractivity contribution is 6.01. The number of methoxy groups -OCH3 is 1. The third kappa shape index (κ3) is 3.82. The van der Waals surface area contributed by atoms with E-state index < -0.39 is 0 Å². The summed E-state index contributed by atoms with van der Waals surface area (Å²) in [7, 11) is 1.67. The van der Waals surface area contributed by atoms with Gasteiger partial charge in [0.25, 0.3) is 0 Å². The summed E-state index contributed by atoms with van der Waals surface area (Å²) >= 11 is 0. The summed E-state index contributed by atoms with van der Waals surface area (Å²) < 4.78 is 7.37. The summed E-state index contributed by atoms with van der Waals surface area (Å²) in [6.07, 6.45) is 1.85. The molecule has 0 saturated heterocycles. The van der Waals surface area contributed by atoms with Gasteiger partial charge in [0.1, 0.15) is 5.75 Å². The Labute approximate surface area is 157 Å². The smallest absolute Gasteiger partial charge is 0.118 e. The van der Waals surface area contributed by atoms with Gasteiger partial charge in [-0.1, -0.05) is 30.3 Å². The summed E-state index contributed by atoms with van der Waals surface area (Å²) in [4.78, 5) is 4.48. The predicted octanol–water partition coefficient (Wildman–Crippen LogP) is 4.56. The van der Waals surface area contributed by atoms with Crippen molar-refractivity contribution < 1.29 is 4.74 Å². The molecule has 1 N–H and O–H groups in total. The van der Waals surface area contributed by atoms with Gasteiger partial charge in [0.15, 0.2) is 0 Å². The number of hydrogen-bond donors (Lipinski definition) is 1. The molecule has 0 radical (unpaired) electrons. The molecule has 0 aliphatic heterocycles.